The molecular formula is C15H16FN3. The second kappa shape index (κ2) is 5.34. The first kappa shape index (κ1) is 12.1. The Morgan fingerprint density at radius 3 is 2.68 bits per heavy atom. The highest BCUT2D eigenvalue weighted by Gasteiger charge is 2.14. The molecule has 0 amide bonds. The number of hydrogen-bond donors (Lipinski definition) is 1. The predicted molar refractivity (Wildman–Crippen MR) is 72.4 cm³/mol. The van der Waals surface area contributed by atoms with E-state index < -0.39 is 0 Å². The molecule has 0 radical (unpaired) electrons. The lowest BCUT2D eigenvalue weighted by atomic mass is 9.96. The van der Waals surface area contributed by atoms with Crippen LogP contribution in [0.3, 0.4) is 0 Å². The average Bonchev–Trinajstić information content (AvgIpc) is 2.47. The molecule has 0 fully saturated rings. The molecule has 0 saturated heterocycles. The van der Waals surface area contributed by atoms with Crippen LogP contribution in [0.1, 0.15) is 29.7 Å². The SMILES string of the molecule is Fc1ccc(CNc2ncnc3c2CCCC3)cc1. The van der Waals surface area contributed by atoms with Gasteiger partial charge in [0.05, 0.1) is 0 Å². The van der Waals surface area contributed by atoms with E-state index in [2.05, 4.69) is 15.3 Å². The predicted octanol–water partition coefficient (Wildman–Crippen LogP) is 3.11. The van der Waals surface area contributed by atoms with Gasteiger partial charge in [-0.2, -0.15) is 0 Å². The lowest BCUT2D eigenvalue weighted by Gasteiger charge is -2.18. The highest BCUT2D eigenvalue weighted by atomic mass is 19.1. The lowest BCUT2D eigenvalue weighted by molar-refractivity contribution is 0.627. The number of hydrogen-bond acceptors (Lipinski definition) is 3. The Hall–Kier alpha value is -1.97. The van der Waals surface area contributed by atoms with Crippen LogP contribution in [0, 0.1) is 5.82 Å². The molecule has 0 aliphatic heterocycles. The maximum atomic E-state index is 12.8. The fraction of sp³-hybridized carbons (Fsp3) is 0.333. The number of aryl methyl sites for hydroxylation is 1. The van der Waals surface area contributed by atoms with Crippen molar-refractivity contribution in [2.24, 2.45) is 0 Å². The second-order valence-electron chi connectivity index (χ2n) is 4.83. The van der Waals surface area contributed by atoms with Crippen LogP contribution in [0.5, 0.6) is 0 Å². The Bertz CT molecular complexity index is 566. The molecule has 98 valence electrons. The zero-order valence-electron chi connectivity index (χ0n) is 10.7. The highest BCUT2D eigenvalue weighted by molar-refractivity contribution is 5.47. The van der Waals surface area contributed by atoms with Crippen LogP contribution >= 0.6 is 0 Å². The summed E-state index contributed by atoms with van der Waals surface area (Å²) < 4.78 is 12.8. The van der Waals surface area contributed by atoms with Gasteiger partial charge in [-0.25, -0.2) is 14.4 Å². The Balaban J connectivity index is 1.75. The molecule has 2 aromatic rings. The Kier molecular flexibility index (Phi) is 3.40. The molecular weight excluding hydrogens is 241 g/mol. The topological polar surface area (TPSA) is 37.8 Å². The van der Waals surface area contributed by atoms with Crippen LogP contribution in [-0.4, -0.2) is 9.97 Å². The molecule has 0 unspecified atom stereocenters. The van der Waals surface area contributed by atoms with Crippen molar-refractivity contribution < 1.29 is 4.39 Å². The van der Waals surface area contributed by atoms with E-state index in [1.807, 2.05) is 0 Å². The summed E-state index contributed by atoms with van der Waals surface area (Å²) in [6.07, 6.45) is 6.12. The van der Waals surface area contributed by atoms with E-state index in [0.717, 1.165) is 24.2 Å². The van der Waals surface area contributed by atoms with E-state index in [1.54, 1.807) is 18.5 Å². The molecule has 1 N–H and O–H groups in total. The quantitative estimate of drug-likeness (QED) is 0.918. The zero-order chi connectivity index (χ0) is 13.1. The lowest BCUT2D eigenvalue weighted by Crippen LogP contribution is -2.12. The third-order valence-corrected chi connectivity index (χ3v) is 3.50. The first-order valence-corrected chi connectivity index (χ1v) is 6.64. The van der Waals surface area contributed by atoms with Gasteiger partial charge in [-0.1, -0.05) is 12.1 Å². The van der Waals surface area contributed by atoms with E-state index in [4.69, 9.17) is 0 Å². The van der Waals surface area contributed by atoms with Crippen molar-refractivity contribution in [3.63, 3.8) is 0 Å². The van der Waals surface area contributed by atoms with Gasteiger partial charge in [0.1, 0.15) is 18.0 Å². The van der Waals surface area contributed by atoms with Crippen LogP contribution in [-0.2, 0) is 19.4 Å². The minimum absolute atomic E-state index is 0.205. The molecule has 19 heavy (non-hydrogen) atoms. The Morgan fingerprint density at radius 1 is 1.05 bits per heavy atom. The number of fused-ring (bicyclic) bond motifs is 1. The van der Waals surface area contributed by atoms with Crippen molar-refractivity contribution in [2.45, 2.75) is 32.2 Å². The number of anilines is 1. The summed E-state index contributed by atoms with van der Waals surface area (Å²) in [5.41, 5.74) is 3.46. The highest BCUT2D eigenvalue weighted by Crippen LogP contribution is 2.24. The normalized spacial score (nSPS) is 13.9. The van der Waals surface area contributed by atoms with Gasteiger partial charge in [0.2, 0.25) is 0 Å². The van der Waals surface area contributed by atoms with Crippen molar-refractivity contribution in [1.29, 1.82) is 0 Å². The van der Waals surface area contributed by atoms with Gasteiger partial charge in [0.25, 0.3) is 0 Å². The van der Waals surface area contributed by atoms with Crippen LogP contribution in [0.2, 0.25) is 0 Å². The molecule has 0 saturated carbocycles. The van der Waals surface area contributed by atoms with Crippen molar-refractivity contribution in [2.75, 3.05) is 5.32 Å². The smallest absolute Gasteiger partial charge is 0.133 e. The molecule has 1 aromatic carbocycles. The van der Waals surface area contributed by atoms with Crippen LogP contribution in [0.25, 0.3) is 0 Å². The second-order valence-corrected chi connectivity index (χ2v) is 4.83. The summed E-state index contributed by atoms with van der Waals surface area (Å²) >= 11 is 0. The van der Waals surface area contributed by atoms with E-state index >= 15 is 0 Å². The summed E-state index contributed by atoms with van der Waals surface area (Å²) in [4.78, 5) is 8.67. The van der Waals surface area contributed by atoms with Gasteiger partial charge in [0.15, 0.2) is 0 Å². The van der Waals surface area contributed by atoms with Crippen molar-refractivity contribution in [3.05, 3.63) is 53.2 Å². The number of aromatic nitrogens is 2. The van der Waals surface area contributed by atoms with E-state index in [9.17, 15) is 4.39 Å². The summed E-state index contributed by atoms with van der Waals surface area (Å²) in [6.45, 7) is 0.656. The zero-order valence-corrected chi connectivity index (χ0v) is 10.7. The first-order valence-electron chi connectivity index (χ1n) is 6.64. The summed E-state index contributed by atoms with van der Waals surface area (Å²) in [5.74, 6) is 0.720. The molecule has 1 heterocycles. The molecule has 3 rings (SSSR count). The monoisotopic (exact) mass is 257 g/mol. The molecule has 3 nitrogen and oxygen atoms in total. The molecule has 0 atom stereocenters. The number of halogens is 1. The molecule has 0 spiro atoms. The van der Waals surface area contributed by atoms with Crippen molar-refractivity contribution in [1.82, 2.24) is 9.97 Å². The van der Waals surface area contributed by atoms with Gasteiger partial charge in [0, 0.05) is 17.8 Å². The number of nitrogens with one attached hydrogen (secondary N) is 1. The summed E-state index contributed by atoms with van der Waals surface area (Å²) in [6, 6.07) is 6.53. The average molecular weight is 257 g/mol. The minimum atomic E-state index is -0.205. The maximum absolute atomic E-state index is 12.8. The van der Waals surface area contributed by atoms with Crippen LogP contribution in [0.4, 0.5) is 10.2 Å². The first-order chi connectivity index (χ1) is 9.33. The Morgan fingerprint density at radius 2 is 1.84 bits per heavy atom. The van der Waals surface area contributed by atoms with E-state index in [1.165, 1.54) is 36.2 Å². The molecule has 1 aliphatic rings. The van der Waals surface area contributed by atoms with Crippen LogP contribution < -0.4 is 5.32 Å². The standard InChI is InChI=1S/C15H16FN3/c16-12-7-5-11(6-8-12)9-17-15-13-3-1-2-4-14(13)18-10-19-15/h5-8,10H,1-4,9H2,(H,17,18,19). The molecule has 1 aromatic heterocycles. The number of benzene rings is 1. The summed E-state index contributed by atoms with van der Waals surface area (Å²) in [5, 5.41) is 3.33. The van der Waals surface area contributed by atoms with E-state index in [0.29, 0.717) is 6.54 Å². The van der Waals surface area contributed by atoms with Gasteiger partial charge in [-0.05, 0) is 43.4 Å². The van der Waals surface area contributed by atoms with Crippen LogP contribution in [0.15, 0.2) is 30.6 Å². The minimum Gasteiger partial charge on any atom is -0.366 e. The number of rotatable bonds is 3. The Labute approximate surface area is 111 Å². The van der Waals surface area contributed by atoms with Crippen molar-refractivity contribution in [3.8, 4) is 0 Å². The van der Waals surface area contributed by atoms with Gasteiger partial charge in [-0.15, -0.1) is 0 Å². The largest absolute Gasteiger partial charge is 0.366 e. The van der Waals surface area contributed by atoms with Gasteiger partial charge in [-0.3, -0.25) is 0 Å². The maximum Gasteiger partial charge on any atom is 0.133 e. The third-order valence-electron chi connectivity index (χ3n) is 3.50. The van der Waals surface area contributed by atoms with Crippen molar-refractivity contribution >= 4 is 5.82 Å². The fourth-order valence-electron chi connectivity index (χ4n) is 2.46. The van der Waals surface area contributed by atoms with Gasteiger partial charge < -0.3 is 5.32 Å². The summed E-state index contributed by atoms with van der Waals surface area (Å²) in [7, 11) is 0. The number of nitrogens with zero attached hydrogens (tertiary/aromatic N) is 2. The van der Waals surface area contributed by atoms with E-state index in [-0.39, 0.29) is 5.82 Å². The molecule has 4 heteroatoms. The molecule has 0 bridgehead atoms. The molecule has 1 aliphatic carbocycles. The third kappa shape index (κ3) is 2.72. The fourth-order valence-corrected chi connectivity index (χ4v) is 2.46. The van der Waals surface area contributed by atoms with Gasteiger partial charge >= 0.3 is 0 Å².